The molecule has 1 aliphatic heterocycles. The minimum atomic E-state index is -2.89. The number of nitrogens with one attached hydrogen (secondary N) is 1. The molecule has 2 N–H and O–H groups in total. The summed E-state index contributed by atoms with van der Waals surface area (Å²) < 4.78 is 31.9. The largest absolute Gasteiger partial charge is 0.487 e. The van der Waals surface area contributed by atoms with Gasteiger partial charge in [-0.25, -0.2) is 8.78 Å². The number of hydrogen-bond acceptors (Lipinski definition) is 4. The monoisotopic (exact) mass is 424 g/mol. The number of carbonyl (C=O) groups is 1. The number of aliphatic hydroxyl groups is 1. The van der Waals surface area contributed by atoms with Gasteiger partial charge in [0.2, 0.25) is 5.91 Å². The summed E-state index contributed by atoms with van der Waals surface area (Å²) in [6, 6.07) is 5.52. The molecule has 1 heterocycles. The van der Waals surface area contributed by atoms with E-state index in [2.05, 4.69) is 5.32 Å². The SMILES string of the molecule is CC(O)CNCC(=O)N1CCc2ccc(OCC(C)(F)F)cc2C1C1CCCCC1. The minimum Gasteiger partial charge on any atom is -0.487 e. The van der Waals surface area contributed by atoms with Crippen molar-refractivity contribution in [1.82, 2.24) is 10.2 Å². The molecule has 3 rings (SSSR count). The Morgan fingerprint density at radius 1 is 1.33 bits per heavy atom. The standard InChI is InChI=1S/C23H34F2N2O3/c1-16(28)13-26-14-21(29)27-11-10-17-8-9-19(30-15-23(2,24)25)12-20(17)22(27)18-6-4-3-5-7-18/h8-9,12,16,18,22,26,28H,3-7,10-11,13-15H2,1-2H3. The second kappa shape index (κ2) is 10.1. The Bertz CT molecular complexity index is 715. The number of halogens is 2. The lowest BCUT2D eigenvalue weighted by Crippen LogP contribution is -2.47. The highest BCUT2D eigenvalue weighted by molar-refractivity contribution is 5.79. The van der Waals surface area contributed by atoms with Gasteiger partial charge >= 0.3 is 0 Å². The summed E-state index contributed by atoms with van der Waals surface area (Å²) in [7, 11) is 0. The quantitative estimate of drug-likeness (QED) is 0.668. The van der Waals surface area contributed by atoms with E-state index in [1.165, 1.54) is 12.0 Å². The molecule has 168 valence electrons. The highest BCUT2D eigenvalue weighted by Crippen LogP contribution is 2.43. The van der Waals surface area contributed by atoms with E-state index in [1.807, 2.05) is 17.0 Å². The first-order valence-electron chi connectivity index (χ1n) is 11.1. The number of ether oxygens (including phenoxy) is 1. The van der Waals surface area contributed by atoms with E-state index >= 15 is 0 Å². The van der Waals surface area contributed by atoms with Crippen LogP contribution in [0.4, 0.5) is 8.78 Å². The van der Waals surface area contributed by atoms with Crippen LogP contribution in [-0.2, 0) is 11.2 Å². The maximum atomic E-state index is 13.3. The van der Waals surface area contributed by atoms with Crippen LogP contribution in [0.2, 0.25) is 0 Å². The molecular formula is C23H34F2N2O3. The number of carbonyl (C=O) groups excluding carboxylic acids is 1. The van der Waals surface area contributed by atoms with E-state index in [1.54, 1.807) is 13.0 Å². The van der Waals surface area contributed by atoms with Gasteiger partial charge in [-0.15, -0.1) is 0 Å². The van der Waals surface area contributed by atoms with Crippen molar-refractivity contribution in [2.45, 2.75) is 70.4 Å². The number of fused-ring (bicyclic) bond motifs is 1. The van der Waals surface area contributed by atoms with Gasteiger partial charge in [-0.05, 0) is 55.4 Å². The Morgan fingerprint density at radius 3 is 2.73 bits per heavy atom. The van der Waals surface area contributed by atoms with Gasteiger partial charge in [-0.2, -0.15) is 0 Å². The van der Waals surface area contributed by atoms with Crippen LogP contribution in [0.5, 0.6) is 5.75 Å². The molecule has 1 aliphatic carbocycles. The predicted molar refractivity (Wildman–Crippen MR) is 112 cm³/mol. The molecule has 30 heavy (non-hydrogen) atoms. The topological polar surface area (TPSA) is 61.8 Å². The van der Waals surface area contributed by atoms with Crippen LogP contribution >= 0.6 is 0 Å². The van der Waals surface area contributed by atoms with E-state index < -0.39 is 18.6 Å². The number of benzene rings is 1. The van der Waals surface area contributed by atoms with Gasteiger partial charge in [0.25, 0.3) is 5.92 Å². The number of hydrogen-bond donors (Lipinski definition) is 2. The molecule has 0 bridgehead atoms. The van der Waals surface area contributed by atoms with E-state index in [0.717, 1.165) is 44.6 Å². The first-order valence-corrected chi connectivity index (χ1v) is 11.1. The molecule has 0 spiro atoms. The van der Waals surface area contributed by atoms with Crippen molar-refractivity contribution in [3.8, 4) is 5.75 Å². The average Bonchev–Trinajstić information content (AvgIpc) is 2.71. The highest BCUT2D eigenvalue weighted by Gasteiger charge is 2.37. The van der Waals surface area contributed by atoms with Crippen LogP contribution in [0.3, 0.4) is 0 Å². The molecule has 2 atom stereocenters. The van der Waals surface area contributed by atoms with E-state index in [4.69, 9.17) is 4.74 Å². The third-order valence-electron chi connectivity index (χ3n) is 6.02. The lowest BCUT2D eigenvalue weighted by atomic mass is 9.77. The Kier molecular flexibility index (Phi) is 7.69. The Hall–Kier alpha value is -1.73. The summed E-state index contributed by atoms with van der Waals surface area (Å²) in [6.45, 7) is 3.06. The fraction of sp³-hybridized carbons (Fsp3) is 0.696. The van der Waals surface area contributed by atoms with Crippen molar-refractivity contribution in [1.29, 1.82) is 0 Å². The van der Waals surface area contributed by atoms with Crippen molar-refractivity contribution in [2.24, 2.45) is 5.92 Å². The summed E-state index contributed by atoms with van der Waals surface area (Å²) >= 11 is 0. The number of nitrogens with zero attached hydrogens (tertiary/aromatic N) is 1. The molecule has 1 amide bonds. The predicted octanol–water partition coefficient (Wildman–Crippen LogP) is 3.70. The van der Waals surface area contributed by atoms with Crippen LogP contribution < -0.4 is 10.1 Å². The van der Waals surface area contributed by atoms with Crippen LogP contribution in [-0.4, -0.2) is 54.2 Å². The molecule has 0 saturated heterocycles. The third-order valence-corrected chi connectivity index (χ3v) is 6.02. The first-order chi connectivity index (χ1) is 14.2. The number of alkyl halides is 2. The maximum absolute atomic E-state index is 13.3. The van der Waals surface area contributed by atoms with Gasteiger partial charge in [0.1, 0.15) is 5.75 Å². The van der Waals surface area contributed by atoms with Crippen LogP contribution in [0, 0.1) is 5.92 Å². The smallest absolute Gasteiger partial charge is 0.278 e. The van der Waals surface area contributed by atoms with Crippen molar-refractivity contribution >= 4 is 5.91 Å². The fourth-order valence-corrected chi connectivity index (χ4v) is 4.65. The number of rotatable bonds is 8. The van der Waals surface area contributed by atoms with Crippen molar-refractivity contribution in [2.75, 3.05) is 26.2 Å². The Morgan fingerprint density at radius 2 is 2.07 bits per heavy atom. The molecule has 2 aliphatic rings. The number of aliphatic hydroxyl groups excluding tert-OH is 1. The first kappa shape index (κ1) is 22.9. The van der Waals surface area contributed by atoms with Gasteiger partial charge in [0, 0.05) is 20.0 Å². The van der Waals surface area contributed by atoms with Crippen LogP contribution in [0.1, 0.15) is 63.1 Å². The normalized spacial score (nSPS) is 21.2. The van der Waals surface area contributed by atoms with Crippen molar-refractivity contribution in [3.63, 3.8) is 0 Å². The van der Waals surface area contributed by atoms with Crippen LogP contribution in [0.15, 0.2) is 18.2 Å². The van der Waals surface area contributed by atoms with Gasteiger partial charge in [0.05, 0.1) is 18.7 Å². The summed E-state index contributed by atoms with van der Waals surface area (Å²) in [5.74, 6) is -2.09. The van der Waals surface area contributed by atoms with Crippen LogP contribution in [0.25, 0.3) is 0 Å². The third kappa shape index (κ3) is 6.14. The molecule has 1 fully saturated rings. The lowest BCUT2D eigenvalue weighted by Gasteiger charge is -2.43. The van der Waals surface area contributed by atoms with Crippen molar-refractivity contribution in [3.05, 3.63) is 29.3 Å². The molecule has 0 aromatic heterocycles. The summed E-state index contributed by atoms with van der Waals surface area (Å²) in [5, 5.41) is 12.5. The summed E-state index contributed by atoms with van der Waals surface area (Å²) in [5.41, 5.74) is 2.20. The van der Waals surface area contributed by atoms with Gasteiger partial charge < -0.3 is 20.1 Å². The minimum absolute atomic E-state index is 0.0169. The molecule has 5 nitrogen and oxygen atoms in total. The van der Waals surface area contributed by atoms with Gasteiger partial charge in [-0.3, -0.25) is 4.79 Å². The number of amides is 1. The lowest BCUT2D eigenvalue weighted by molar-refractivity contribution is -0.134. The molecule has 1 aromatic carbocycles. The van der Waals surface area contributed by atoms with Gasteiger partial charge in [0.15, 0.2) is 6.61 Å². The molecule has 1 saturated carbocycles. The van der Waals surface area contributed by atoms with Gasteiger partial charge in [-0.1, -0.05) is 25.3 Å². The fourth-order valence-electron chi connectivity index (χ4n) is 4.65. The zero-order chi connectivity index (χ0) is 21.7. The maximum Gasteiger partial charge on any atom is 0.278 e. The Balaban J connectivity index is 1.83. The molecule has 7 heteroatoms. The van der Waals surface area contributed by atoms with Crippen molar-refractivity contribution < 1.29 is 23.4 Å². The summed E-state index contributed by atoms with van der Waals surface area (Å²) in [4.78, 5) is 15.0. The van der Waals surface area contributed by atoms with E-state index in [-0.39, 0.29) is 18.5 Å². The second-order valence-electron chi connectivity index (χ2n) is 8.88. The second-order valence-corrected chi connectivity index (χ2v) is 8.88. The zero-order valence-corrected chi connectivity index (χ0v) is 18.0. The zero-order valence-electron chi connectivity index (χ0n) is 18.0. The van der Waals surface area contributed by atoms with E-state index in [0.29, 0.717) is 24.8 Å². The molecule has 2 unspecified atom stereocenters. The van der Waals surface area contributed by atoms with E-state index in [9.17, 15) is 18.7 Å². The summed E-state index contributed by atoms with van der Waals surface area (Å²) in [6.07, 6.45) is 5.87. The molecule has 1 aromatic rings. The molecule has 0 radical (unpaired) electrons. The Labute approximate surface area is 177 Å². The highest BCUT2D eigenvalue weighted by atomic mass is 19.3. The molecular weight excluding hydrogens is 390 g/mol. The average molecular weight is 425 g/mol.